The Morgan fingerprint density at radius 2 is 1.57 bits per heavy atom. The maximum Gasteiger partial charge on any atom is 0.375 e. The van der Waals surface area contributed by atoms with Crippen LogP contribution in [-0.4, -0.2) is 33.4 Å². The molecule has 3 rings (SSSR count). The molecular formula is C21H22O6S. The zero-order chi connectivity index (χ0) is 20.5. The Hall–Kier alpha value is -2.80. The van der Waals surface area contributed by atoms with Crippen molar-refractivity contribution in [3.05, 3.63) is 59.9 Å². The van der Waals surface area contributed by atoms with Gasteiger partial charge in [-0.05, 0) is 55.3 Å². The molecule has 1 heterocycles. The predicted molar refractivity (Wildman–Crippen MR) is 105 cm³/mol. The van der Waals surface area contributed by atoms with Gasteiger partial charge in [0.15, 0.2) is 9.84 Å². The number of rotatable bonds is 6. The molecule has 1 aliphatic rings. The first-order valence-corrected chi connectivity index (χ1v) is 10.7. The van der Waals surface area contributed by atoms with Crippen molar-refractivity contribution < 1.29 is 27.4 Å². The van der Waals surface area contributed by atoms with Crippen molar-refractivity contribution in [3.63, 3.8) is 0 Å². The van der Waals surface area contributed by atoms with E-state index in [4.69, 9.17) is 14.2 Å². The molecule has 2 aromatic rings. The largest absolute Gasteiger partial charge is 0.497 e. The van der Waals surface area contributed by atoms with E-state index in [-0.39, 0.29) is 10.7 Å². The Balaban J connectivity index is 2.07. The fourth-order valence-corrected chi connectivity index (χ4v) is 3.68. The molecule has 1 atom stereocenters. The summed E-state index contributed by atoms with van der Waals surface area (Å²) in [5.41, 5.74) is 0.396. The van der Waals surface area contributed by atoms with Gasteiger partial charge in [0.25, 0.3) is 0 Å². The SMILES string of the molecule is CCC1(C)OC(=O)C(Oc2ccc(OC)cc2)=C1c1ccc(S(C)(=O)=O)cc1. The molecule has 0 aliphatic carbocycles. The summed E-state index contributed by atoms with van der Waals surface area (Å²) in [5, 5.41) is 0. The lowest BCUT2D eigenvalue weighted by molar-refractivity contribution is -0.147. The van der Waals surface area contributed by atoms with Gasteiger partial charge in [0.2, 0.25) is 5.76 Å². The van der Waals surface area contributed by atoms with Crippen LogP contribution in [0.25, 0.3) is 5.57 Å². The first kappa shape index (κ1) is 19.9. The molecule has 0 N–H and O–H groups in total. The Bertz CT molecular complexity index is 1020. The quantitative estimate of drug-likeness (QED) is 0.687. The van der Waals surface area contributed by atoms with E-state index in [2.05, 4.69) is 0 Å². The number of benzene rings is 2. The molecule has 0 amide bonds. The third kappa shape index (κ3) is 3.75. The summed E-state index contributed by atoms with van der Waals surface area (Å²) in [6.45, 7) is 3.73. The maximum atomic E-state index is 12.6. The van der Waals surface area contributed by atoms with Gasteiger partial charge >= 0.3 is 5.97 Å². The summed E-state index contributed by atoms with van der Waals surface area (Å²) >= 11 is 0. The second-order valence-electron chi connectivity index (χ2n) is 6.75. The highest BCUT2D eigenvalue weighted by molar-refractivity contribution is 7.90. The van der Waals surface area contributed by atoms with Crippen LogP contribution in [0.4, 0.5) is 0 Å². The minimum Gasteiger partial charge on any atom is -0.497 e. The van der Waals surface area contributed by atoms with Crippen LogP contribution in [0.3, 0.4) is 0 Å². The van der Waals surface area contributed by atoms with Gasteiger partial charge < -0.3 is 14.2 Å². The molecule has 6 nitrogen and oxygen atoms in total. The van der Waals surface area contributed by atoms with E-state index < -0.39 is 21.4 Å². The summed E-state index contributed by atoms with van der Waals surface area (Å²) < 4.78 is 40.1. The van der Waals surface area contributed by atoms with E-state index in [9.17, 15) is 13.2 Å². The van der Waals surface area contributed by atoms with Gasteiger partial charge in [-0.15, -0.1) is 0 Å². The van der Waals surface area contributed by atoms with E-state index in [1.807, 2.05) is 13.8 Å². The van der Waals surface area contributed by atoms with Crippen LogP contribution in [0.1, 0.15) is 25.8 Å². The zero-order valence-corrected chi connectivity index (χ0v) is 17.0. The highest BCUT2D eigenvalue weighted by Gasteiger charge is 2.45. The van der Waals surface area contributed by atoms with Gasteiger partial charge in [-0.3, -0.25) is 0 Å². The zero-order valence-electron chi connectivity index (χ0n) is 16.2. The lowest BCUT2D eigenvalue weighted by atomic mass is 9.88. The van der Waals surface area contributed by atoms with Crippen LogP contribution in [0, 0.1) is 0 Å². The van der Waals surface area contributed by atoms with Gasteiger partial charge in [-0.2, -0.15) is 0 Å². The molecule has 28 heavy (non-hydrogen) atoms. The summed E-state index contributed by atoms with van der Waals surface area (Å²) in [6, 6.07) is 13.2. The van der Waals surface area contributed by atoms with Crippen molar-refractivity contribution in [2.45, 2.75) is 30.8 Å². The van der Waals surface area contributed by atoms with E-state index >= 15 is 0 Å². The third-order valence-corrected chi connectivity index (χ3v) is 5.91. The lowest BCUT2D eigenvalue weighted by Crippen LogP contribution is -2.26. The lowest BCUT2D eigenvalue weighted by Gasteiger charge is -2.24. The number of hydrogen-bond donors (Lipinski definition) is 0. The van der Waals surface area contributed by atoms with Crippen molar-refractivity contribution in [1.82, 2.24) is 0 Å². The fourth-order valence-electron chi connectivity index (χ4n) is 3.05. The number of ether oxygens (including phenoxy) is 3. The average molecular weight is 402 g/mol. The molecule has 7 heteroatoms. The van der Waals surface area contributed by atoms with Crippen LogP contribution < -0.4 is 9.47 Å². The number of carbonyl (C=O) groups excluding carboxylic acids is 1. The molecule has 0 aromatic heterocycles. The Labute approximate surface area is 164 Å². The molecule has 1 aliphatic heterocycles. The number of methoxy groups -OCH3 is 1. The van der Waals surface area contributed by atoms with Crippen LogP contribution in [0.15, 0.2) is 59.2 Å². The van der Waals surface area contributed by atoms with Crippen molar-refractivity contribution in [1.29, 1.82) is 0 Å². The standard InChI is InChI=1S/C21H22O6S/c1-5-21(2)18(14-6-12-17(13-7-14)28(4,23)24)19(20(22)27-21)26-16-10-8-15(25-3)9-11-16/h6-13H,5H2,1-4H3. The molecular weight excluding hydrogens is 380 g/mol. The fraction of sp³-hybridized carbons (Fsp3) is 0.286. The van der Waals surface area contributed by atoms with Crippen LogP contribution in [0.2, 0.25) is 0 Å². The number of esters is 1. The molecule has 0 spiro atoms. The van der Waals surface area contributed by atoms with E-state index in [1.54, 1.807) is 43.5 Å². The summed E-state index contributed by atoms with van der Waals surface area (Å²) in [6.07, 6.45) is 1.69. The van der Waals surface area contributed by atoms with E-state index in [0.29, 0.717) is 29.1 Å². The summed E-state index contributed by atoms with van der Waals surface area (Å²) in [5.74, 6) is 0.688. The van der Waals surface area contributed by atoms with Crippen molar-refractivity contribution >= 4 is 21.4 Å². The Morgan fingerprint density at radius 3 is 2.07 bits per heavy atom. The molecule has 1 unspecified atom stereocenters. The Kier molecular flexibility index (Phi) is 5.21. The first-order valence-electron chi connectivity index (χ1n) is 8.78. The van der Waals surface area contributed by atoms with E-state index in [1.165, 1.54) is 12.1 Å². The molecule has 148 valence electrons. The molecule has 0 saturated heterocycles. The smallest absolute Gasteiger partial charge is 0.375 e. The van der Waals surface area contributed by atoms with Crippen molar-refractivity contribution in [2.24, 2.45) is 0 Å². The van der Waals surface area contributed by atoms with Gasteiger partial charge in [-0.1, -0.05) is 19.1 Å². The van der Waals surface area contributed by atoms with Gasteiger partial charge in [0.1, 0.15) is 17.1 Å². The van der Waals surface area contributed by atoms with Crippen LogP contribution >= 0.6 is 0 Å². The molecule has 2 aromatic carbocycles. The summed E-state index contributed by atoms with van der Waals surface area (Å²) in [7, 11) is -1.75. The minimum atomic E-state index is -3.31. The van der Waals surface area contributed by atoms with Crippen molar-refractivity contribution in [3.8, 4) is 11.5 Å². The molecule has 0 fully saturated rings. The van der Waals surface area contributed by atoms with Crippen molar-refractivity contribution in [2.75, 3.05) is 13.4 Å². The maximum absolute atomic E-state index is 12.6. The van der Waals surface area contributed by atoms with Gasteiger partial charge in [-0.25, -0.2) is 13.2 Å². The second-order valence-corrected chi connectivity index (χ2v) is 8.77. The van der Waals surface area contributed by atoms with Crippen LogP contribution in [0.5, 0.6) is 11.5 Å². The summed E-state index contributed by atoms with van der Waals surface area (Å²) in [4.78, 5) is 12.8. The molecule has 0 bridgehead atoms. The van der Waals surface area contributed by atoms with E-state index in [0.717, 1.165) is 6.26 Å². The topological polar surface area (TPSA) is 78.9 Å². The normalized spacial score (nSPS) is 19.5. The number of sulfone groups is 1. The number of cyclic esters (lactones) is 1. The Morgan fingerprint density at radius 1 is 1.00 bits per heavy atom. The highest BCUT2D eigenvalue weighted by atomic mass is 32.2. The number of hydrogen-bond acceptors (Lipinski definition) is 6. The monoisotopic (exact) mass is 402 g/mol. The van der Waals surface area contributed by atoms with Gasteiger partial charge in [0, 0.05) is 6.26 Å². The van der Waals surface area contributed by atoms with Crippen LogP contribution in [-0.2, 0) is 19.4 Å². The number of carbonyl (C=O) groups is 1. The highest BCUT2D eigenvalue weighted by Crippen LogP contribution is 2.42. The second kappa shape index (κ2) is 7.31. The minimum absolute atomic E-state index is 0.0987. The molecule has 0 radical (unpaired) electrons. The first-order chi connectivity index (χ1) is 13.2. The molecule has 0 saturated carbocycles. The van der Waals surface area contributed by atoms with Gasteiger partial charge in [0.05, 0.1) is 17.6 Å². The predicted octanol–water partition coefficient (Wildman–Crippen LogP) is 3.61. The average Bonchev–Trinajstić information content (AvgIpc) is 2.92. The third-order valence-electron chi connectivity index (χ3n) is 4.78.